The van der Waals surface area contributed by atoms with Crippen molar-refractivity contribution in [2.24, 2.45) is 5.92 Å². The summed E-state index contributed by atoms with van der Waals surface area (Å²) in [5.74, 6) is -0.240. The van der Waals surface area contributed by atoms with Crippen LogP contribution in [0.15, 0.2) is 0 Å². The van der Waals surface area contributed by atoms with Crippen LogP contribution in [0.2, 0.25) is 0 Å². The molecular formula is C12H25NO3. The highest BCUT2D eigenvalue weighted by molar-refractivity contribution is 5.72. The van der Waals surface area contributed by atoms with Crippen LogP contribution in [0.5, 0.6) is 0 Å². The number of hydrogen-bond donors (Lipinski definition) is 1. The summed E-state index contributed by atoms with van der Waals surface area (Å²) in [7, 11) is 0. The Morgan fingerprint density at radius 1 is 1.25 bits per heavy atom. The molecule has 1 atom stereocenters. The molecule has 0 heterocycles. The molecule has 0 aliphatic rings. The summed E-state index contributed by atoms with van der Waals surface area (Å²) >= 11 is 0. The quantitative estimate of drug-likeness (QED) is 0.458. The molecule has 0 spiro atoms. The van der Waals surface area contributed by atoms with E-state index >= 15 is 0 Å². The molecule has 0 saturated carbocycles. The third-order valence-electron chi connectivity index (χ3n) is 2.22. The minimum absolute atomic E-state index is 0.0874. The van der Waals surface area contributed by atoms with Crippen molar-refractivity contribution in [2.75, 3.05) is 32.9 Å². The molecule has 0 amide bonds. The maximum absolute atomic E-state index is 11.4. The van der Waals surface area contributed by atoms with E-state index in [1.54, 1.807) is 0 Å². The first kappa shape index (κ1) is 15.4. The smallest absolute Gasteiger partial charge is 0.310 e. The summed E-state index contributed by atoms with van der Waals surface area (Å²) in [4.78, 5) is 11.4. The summed E-state index contributed by atoms with van der Waals surface area (Å²) in [6.07, 6.45) is 2.18. The first-order valence-corrected chi connectivity index (χ1v) is 6.17. The first-order chi connectivity index (χ1) is 7.72. The molecule has 0 radical (unpaired) electrons. The minimum atomic E-state index is -0.153. The molecule has 1 unspecified atom stereocenters. The molecule has 0 fully saturated rings. The summed E-state index contributed by atoms with van der Waals surface area (Å²) in [5, 5.41) is 3.12. The average Bonchev–Trinajstić information content (AvgIpc) is 2.30. The van der Waals surface area contributed by atoms with Crippen LogP contribution < -0.4 is 5.32 Å². The van der Waals surface area contributed by atoms with E-state index in [2.05, 4.69) is 12.2 Å². The zero-order chi connectivity index (χ0) is 12.2. The second kappa shape index (κ2) is 10.9. The van der Waals surface area contributed by atoms with Crippen molar-refractivity contribution >= 4 is 5.97 Å². The number of nitrogens with one attached hydrogen (secondary N) is 1. The van der Waals surface area contributed by atoms with Gasteiger partial charge in [0, 0.05) is 13.2 Å². The van der Waals surface area contributed by atoms with Crippen molar-refractivity contribution < 1.29 is 14.3 Å². The Balaban J connectivity index is 3.35. The number of rotatable bonds is 10. The molecule has 0 aromatic heterocycles. The molecule has 1 N–H and O–H groups in total. The van der Waals surface area contributed by atoms with Crippen LogP contribution >= 0.6 is 0 Å². The lowest BCUT2D eigenvalue weighted by atomic mass is 10.2. The van der Waals surface area contributed by atoms with Gasteiger partial charge in [-0.05, 0) is 13.0 Å². The normalized spacial score (nSPS) is 12.4. The Hall–Kier alpha value is -0.610. The molecule has 0 aromatic rings. The summed E-state index contributed by atoms with van der Waals surface area (Å²) in [6.45, 7) is 9.15. The highest BCUT2D eigenvalue weighted by Gasteiger charge is 2.12. The third kappa shape index (κ3) is 8.68. The van der Waals surface area contributed by atoms with Gasteiger partial charge in [0.2, 0.25) is 0 Å². The summed E-state index contributed by atoms with van der Waals surface area (Å²) < 4.78 is 10.4. The highest BCUT2D eigenvalue weighted by Crippen LogP contribution is 1.97. The number of hydrogen-bond acceptors (Lipinski definition) is 4. The number of esters is 1. The van der Waals surface area contributed by atoms with E-state index in [-0.39, 0.29) is 11.9 Å². The summed E-state index contributed by atoms with van der Waals surface area (Å²) in [5.41, 5.74) is 0. The van der Waals surface area contributed by atoms with Gasteiger partial charge in [-0.25, -0.2) is 0 Å². The molecular weight excluding hydrogens is 206 g/mol. The Kier molecular flexibility index (Phi) is 10.5. The Labute approximate surface area is 98.7 Å². The molecule has 0 aliphatic carbocycles. The van der Waals surface area contributed by atoms with Crippen LogP contribution in [0, 0.1) is 5.92 Å². The standard InChI is InChI=1S/C12H25NO3/c1-4-6-7-15-8-9-16-12(14)11(3)10-13-5-2/h11,13H,4-10H2,1-3H3. The van der Waals surface area contributed by atoms with Gasteiger partial charge >= 0.3 is 5.97 Å². The van der Waals surface area contributed by atoms with Crippen LogP contribution in [0.4, 0.5) is 0 Å². The van der Waals surface area contributed by atoms with Gasteiger partial charge in [-0.1, -0.05) is 27.2 Å². The minimum Gasteiger partial charge on any atom is -0.463 e. The lowest BCUT2D eigenvalue weighted by molar-refractivity contribution is -0.149. The van der Waals surface area contributed by atoms with Gasteiger partial charge < -0.3 is 14.8 Å². The molecule has 16 heavy (non-hydrogen) atoms. The first-order valence-electron chi connectivity index (χ1n) is 6.17. The van der Waals surface area contributed by atoms with Crippen molar-refractivity contribution in [1.29, 1.82) is 0 Å². The maximum Gasteiger partial charge on any atom is 0.310 e. The van der Waals surface area contributed by atoms with Crippen molar-refractivity contribution in [3.63, 3.8) is 0 Å². The van der Waals surface area contributed by atoms with Gasteiger partial charge in [-0.2, -0.15) is 0 Å². The highest BCUT2D eigenvalue weighted by atomic mass is 16.6. The fraction of sp³-hybridized carbons (Fsp3) is 0.917. The van der Waals surface area contributed by atoms with Crippen molar-refractivity contribution in [2.45, 2.75) is 33.6 Å². The number of carbonyl (C=O) groups excluding carboxylic acids is 1. The molecule has 4 heteroatoms. The van der Waals surface area contributed by atoms with Crippen LogP contribution in [0.3, 0.4) is 0 Å². The number of ether oxygens (including phenoxy) is 2. The second-order valence-electron chi connectivity index (χ2n) is 3.84. The van der Waals surface area contributed by atoms with E-state index < -0.39 is 0 Å². The fourth-order valence-electron chi connectivity index (χ4n) is 1.14. The van der Waals surface area contributed by atoms with Gasteiger partial charge in [0.1, 0.15) is 6.61 Å². The number of unbranched alkanes of at least 4 members (excludes halogenated alkanes) is 1. The van der Waals surface area contributed by atoms with Crippen LogP contribution in [0.1, 0.15) is 33.6 Å². The molecule has 0 saturated heterocycles. The SMILES string of the molecule is CCCCOCCOC(=O)C(C)CNCC. The zero-order valence-electron chi connectivity index (χ0n) is 10.8. The monoisotopic (exact) mass is 231 g/mol. The van der Waals surface area contributed by atoms with Crippen LogP contribution in [-0.2, 0) is 14.3 Å². The third-order valence-corrected chi connectivity index (χ3v) is 2.22. The predicted octanol–water partition coefficient (Wildman–Crippen LogP) is 1.59. The van der Waals surface area contributed by atoms with E-state index in [0.29, 0.717) is 19.8 Å². The largest absolute Gasteiger partial charge is 0.463 e. The van der Waals surface area contributed by atoms with E-state index in [0.717, 1.165) is 26.0 Å². The zero-order valence-corrected chi connectivity index (χ0v) is 10.8. The fourth-order valence-corrected chi connectivity index (χ4v) is 1.14. The molecule has 96 valence electrons. The second-order valence-corrected chi connectivity index (χ2v) is 3.84. The van der Waals surface area contributed by atoms with Gasteiger partial charge in [0.25, 0.3) is 0 Å². The van der Waals surface area contributed by atoms with Crippen molar-refractivity contribution in [3.05, 3.63) is 0 Å². The molecule has 0 rings (SSSR count). The molecule has 0 bridgehead atoms. The van der Waals surface area contributed by atoms with Crippen LogP contribution in [-0.4, -0.2) is 38.9 Å². The maximum atomic E-state index is 11.4. The van der Waals surface area contributed by atoms with E-state index in [9.17, 15) is 4.79 Å². The topological polar surface area (TPSA) is 47.6 Å². The average molecular weight is 231 g/mol. The van der Waals surface area contributed by atoms with Crippen molar-refractivity contribution in [3.8, 4) is 0 Å². The van der Waals surface area contributed by atoms with Gasteiger partial charge in [0.15, 0.2) is 0 Å². The van der Waals surface area contributed by atoms with Gasteiger partial charge in [-0.3, -0.25) is 4.79 Å². The van der Waals surface area contributed by atoms with E-state index in [1.807, 2.05) is 13.8 Å². The van der Waals surface area contributed by atoms with E-state index in [4.69, 9.17) is 9.47 Å². The van der Waals surface area contributed by atoms with Crippen LogP contribution in [0.25, 0.3) is 0 Å². The Morgan fingerprint density at radius 3 is 2.62 bits per heavy atom. The summed E-state index contributed by atoms with van der Waals surface area (Å²) in [6, 6.07) is 0. The molecule has 4 nitrogen and oxygen atoms in total. The molecule has 0 aromatic carbocycles. The number of carbonyl (C=O) groups is 1. The lowest BCUT2D eigenvalue weighted by Gasteiger charge is -2.11. The lowest BCUT2D eigenvalue weighted by Crippen LogP contribution is -2.28. The van der Waals surface area contributed by atoms with E-state index in [1.165, 1.54) is 0 Å². The Morgan fingerprint density at radius 2 is 2.00 bits per heavy atom. The predicted molar refractivity (Wildman–Crippen MR) is 64.4 cm³/mol. The van der Waals surface area contributed by atoms with Gasteiger partial charge in [-0.15, -0.1) is 0 Å². The Bertz CT molecular complexity index is 174. The molecule has 0 aliphatic heterocycles. The van der Waals surface area contributed by atoms with Gasteiger partial charge in [0.05, 0.1) is 12.5 Å². The van der Waals surface area contributed by atoms with Crippen molar-refractivity contribution in [1.82, 2.24) is 5.32 Å².